The molecule has 0 aliphatic carbocycles. The standard InChI is InChI=1S/C22H24BrFN4O2/c1-28-7-5-14(6-8-28)12-30-21-11-19-16(10-20(21)29-2)22(26-13-25-19)27-18-4-3-15(23)9-17(18)24/h3-4,9-11,13-14H,5-8,12H2,1-2H3,(H,25,26,27)/i1D3,2D3,5D2,6D2,7D2,8D2,12D2. The number of ether oxygens (including phenoxy) is 2. The smallest absolute Gasteiger partial charge is 0.163 e. The van der Waals surface area contributed by atoms with E-state index in [1.807, 2.05) is 0 Å². The molecule has 1 aliphatic rings. The molecular weight excluding hydrogens is 451 g/mol. The summed E-state index contributed by atoms with van der Waals surface area (Å²) >= 11 is 3.13. The molecule has 0 radical (unpaired) electrons. The van der Waals surface area contributed by atoms with Gasteiger partial charge in [0.2, 0.25) is 0 Å². The summed E-state index contributed by atoms with van der Waals surface area (Å²) in [7, 11) is -3.21. The van der Waals surface area contributed by atoms with Crippen molar-refractivity contribution in [1.82, 2.24) is 14.9 Å². The van der Waals surface area contributed by atoms with E-state index in [9.17, 15) is 4.39 Å². The van der Waals surface area contributed by atoms with Gasteiger partial charge >= 0.3 is 0 Å². The Hall–Kier alpha value is -2.45. The van der Waals surface area contributed by atoms with Gasteiger partial charge in [0.25, 0.3) is 0 Å². The van der Waals surface area contributed by atoms with Crippen molar-refractivity contribution < 1.29 is 35.8 Å². The van der Waals surface area contributed by atoms with Gasteiger partial charge in [-0.1, -0.05) is 15.9 Å². The summed E-state index contributed by atoms with van der Waals surface area (Å²) in [6.07, 6.45) is -6.58. The molecule has 1 aromatic heterocycles. The summed E-state index contributed by atoms with van der Waals surface area (Å²) in [6.45, 7) is -15.1. The second-order valence-electron chi connectivity index (χ2n) is 5.89. The number of halogens is 2. The van der Waals surface area contributed by atoms with E-state index in [0.717, 1.165) is 24.5 Å². The number of hydrogen-bond donors (Lipinski definition) is 1. The van der Waals surface area contributed by atoms with E-state index < -0.39 is 74.4 Å². The maximum absolute atomic E-state index is 14.5. The molecule has 2 aromatic carbocycles. The van der Waals surface area contributed by atoms with Crippen LogP contribution < -0.4 is 14.8 Å². The Kier molecular flexibility index (Phi) is 2.73. The van der Waals surface area contributed by atoms with Gasteiger partial charge < -0.3 is 19.7 Å². The highest BCUT2D eigenvalue weighted by Gasteiger charge is 2.19. The Morgan fingerprint density at radius 2 is 2.17 bits per heavy atom. The summed E-state index contributed by atoms with van der Waals surface area (Å²) in [5.41, 5.74) is -0.137. The lowest BCUT2D eigenvalue weighted by Crippen LogP contribution is -2.32. The van der Waals surface area contributed by atoms with E-state index in [0.29, 0.717) is 4.47 Å². The number of methoxy groups -OCH3 is 1. The number of piperidine rings is 1. The van der Waals surface area contributed by atoms with Gasteiger partial charge in [-0.15, -0.1) is 0 Å². The molecular formula is C22H24BrFN4O2. The van der Waals surface area contributed by atoms with Gasteiger partial charge in [-0.3, -0.25) is 0 Å². The van der Waals surface area contributed by atoms with Gasteiger partial charge in [-0.25, -0.2) is 14.4 Å². The number of likely N-dealkylation sites (tertiary alicyclic amines) is 1. The molecule has 0 amide bonds. The quantitative estimate of drug-likeness (QED) is 0.524. The number of aromatic nitrogens is 2. The van der Waals surface area contributed by atoms with Crippen molar-refractivity contribution in [3.05, 3.63) is 46.9 Å². The molecule has 8 heteroatoms. The minimum Gasteiger partial charge on any atom is -0.493 e. The molecule has 3 aromatic rings. The molecule has 6 nitrogen and oxygen atoms in total. The fourth-order valence-corrected chi connectivity index (χ4v) is 2.88. The summed E-state index contributed by atoms with van der Waals surface area (Å²) in [4.78, 5) is 7.45. The first-order chi connectivity index (χ1) is 20.6. The number of fused-ring (bicyclic) bond motifs is 1. The van der Waals surface area contributed by atoms with Gasteiger partial charge in [0.15, 0.2) is 11.5 Å². The maximum atomic E-state index is 14.5. The van der Waals surface area contributed by atoms with Gasteiger partial charge in [0, 0.05) is 31.0 Å². The highest BCUT2D eigenvalue weighted by Crippen LogP contribution is 2.35. The van der Waals surface area contributed by atoms with E-state index in [1.165, 1.54) is 12.1 Å². The average molecular weight is 491 g/mol. The van der Waals surface area contributed by atoms with E-state index in [4.69, 9.17) is 31.4 Å². The van der Waals surface area contributed by atoms with Gasteiger partial charge in [-0.2, -0.15) is 0 Å². The van der Waals surface area contributed by atoms with Crippen molar-refractivity contribution in [2.24, 2.45) is 5.92 Å². The SMILES string of the molecule is [2H]C([2H])([2H])Oc1cc2c(Nc3ccc(Br)cc3F)ncnc2cc1OC([2H])([2H])C1C([2H])([2H])C([2H])([2H])N(C([2H])([2H])[2H])C([2H])([2H])C1([2H])[2H]. The Morgan fingerprint density at radius 3 is 2.93 bits per heavy atom. The lowest BCUT2D eigenvalue weighted by atomic mass is 9.98. The molecule has 1 fully saturated rings. The fourth-order valence-electron chi connectivity index (χ4n) is 2.55. The molecule has 0 unspecified atom stereocenters. The van der Waals surface area contributed by atoms with Crippen molar-refractivity contribution in [3.63, 3.8) is 0 Å². The third kappa shape index (κ3) is 4.65. The Labute approximate surface area is 206 Å². The predicted molar refractivity (Wildman–Crippen MR) is 119 cm³/mol. The zero-order valence-electron chi connectivity index (χ0n) is 31.0. The van der Waals surface area contributed by atoms with Crippen molar-refractivity contribution in [2.75, 3.05) is 38.9 Å². The summed E-state index contributed by atoms with van der Waals surface area (Å²) < 4.78 is 155. The number of benzene rings is 2. The molecule has 0 bridgehead atoms. The van der Waals surface area contributed by atoms with Crippen LogP contribution in [0, 0.1) is 11.7 Å². The fraction of sp³-hybridized carbons (Fsp3) is 0.364. The molecule has 4 rings (SSSR count). The number of anilines is 2. The minimum atomic E-state index is -3.84. The van der Waals surface area contributed by atoms with Crippen LogP contribution in [0.25, 0.3) is 10.9 Å². The average Bonchev–Trinajstić information content (AvgIpc) is 2.82. The first-order valence-electron chi connectivity index (χ1n) is 16.3. The van der Waals surface area contributed by atoms with Gasteiger partial charge in [0.1, 0.15) is 18.0 Å². The second-order valence-corrected chi connectivity index (χ2v) is 6.81. The Balaban J connectivity index is 1.87. The third-order valence-electron chi connectivity index (χ3n) is 3.92. The second kappa shape index (κ2) is 9.14. The number of nitrogens with zero attached hydrogens (tertiary/aromatic N) is 3. The number of nitrogens with one attached hydrogen (secondary N) is 1. The van der Waals surface area contributed by atoms with E-state index in [-0.39, 0.29) is 22.4 Å². The van der Waals surface area contributed by atoms with Crippen LogP contribution in [0.15, 0.2) is 41.1 Å². The van der Waals surface area contributed by atoms with Crippen LogP contribution in [0.4, 0.5) is 15.9 Å². The van der Waals surface area contributed by atoms with Crippen LogP contribution in [0.5, 0.6) is 11.5 Å². The van der Waals surface area contributed by atoms with Gasteiger partial charge in [0.05, 0.1) is 31.7 Å². The van der Waals surface area contributed by atoms with Crippen molar-refractivity contribution >= 4 is 38.3 Å². The Morgan fingerprint density at radius 1 is 1.30 bits per heavy atom. The largest absolute Gasteiger partial charge is 0.493 e. The molecule has 30 heavy (non-hydrogen) atoms. The highest BCUT2D eigenvalue weighted by molar-refractivity contribution is 9.10. The molecule has 1 aliphatic heterocycles. The normalized spacial score (nSPS) is 31.3. The van der Waals surface area contributed by atoms with Crippen LogP contribution in [-0.4, -0.2) is 48.4 Å². The van der Waals surface area contributed by atoms with Crippen molar-refractivity contribution in [2.45, 2.75) is 12.7 Å². The summed E-state index contributed by atoms with van der Waals surface area (Å²) in [6, 6.07) is 5.95. The lowest BCUT2D eigenvalue weighted by Gasteiger charge is -2.28. The molecule has 2 heterocycles. The molecule has 158 valence electrons. The van der Waals surface area contributed by atoms with Crippen LogP contribution in [0.1, 0.15) is 34.7 Å². The van der Waals surface area contributed by atoms with Crippen LogP contribution in [0.3, 0.4) is 0 Å². The third-order valence-corrected chi connectivity index (χ3v) is 4.42. The molecule has 0 spiro atoms. The zero-order chi connectivity index (χ0) is 35.1. The van der Waals surface area contributed by atoms with Crippen LogP contribution >= 0.6 is 15.9 Å². The minimum absolute atomic E-state index is 0.00120. The molecule has 1 saturated heterocycles. The number of rotatable bonds is 6. The van der Waals surface area contributed by atoms with Crippen LogP contribution in [-0.2, 0) is 0 Å². The maximum Gasteiger partial charge on any atom is 0.163 e. The Bertz CT molecular complexity index is 1620. The molecule has 0 saturated carbocycles. The predicted octanol–water partition coefficient (Wildman–Crippen LogP) is 5.00. The zero-order valence-corrected chi connectivity index (χ0v) is 16.5. The van der Waals surface area contributed by atoms with Crippen molar-refractivity contribution in [3.8, 4) is 11.5 Å². The summed E-state index contributed by atoms with van der Waals surface area (Å²) in [5, 5.41) is 2.72. The summed E-state index contributed by atoms with van der Waals surface area (Å²) in [5.74, 6) is -5.32. The molecule has 1 N–H and O–H groups in total. The van der Waals surface area contributed by atoms with Crippen molar-refractivity contribution in [1.29, 1.82) is 0 Å². The number of hydrogen-bond acceptors (Lipinski definition) is 6. The monoisotopic (exact) mass is 490 g/mol. The van der Waals surface area contributed by atoms with E-state index >= 15 is 0 Å². The first-order valence-corrected chi connectivity index (χ1v) is 9.13. The molecule has 0 atom stereocenters. The van der Waals surface area contributed by atoms with Gasteiger partial charge in [-0.05, 0) is 62.9 Å². The van der Waals surface area contributed by atoms with E-state index in [1.54, 1.807) is 0 Å². The van der Waals surface area contributed by atoms with Crippen LogP contribution in [0.2, 0.25) is 0 Å². The lowest BCUT2D eigenvalue weighted by molar-refractivity contribution is 0.157. The first kappa shape index (κ1) is 8.96. The van der Waals surface area contributed by atoms with E-state index in [2.05, 4.69) is 31.2 Å². The highest BCUT2D eigenvalue weighted by atomic mass is 79.9. The topological polar surface area (TPSA) is 59.5 Å².